The van der Waals surface area contributed by atoms with E-state index in [1.807, 2.05) is 29.2 Å². The van der Waals surface area contributed by atoms with Gasteiger partial charge in [-0.3, -0.25) is 9.59 Å². The Morgan fingerprint density at radius 2 is 1.62 bits per heavy atom. The molecule has 0 N–H and O–H groups in total. The van der Waals surface area contributed by atoms with E-state index in [-0.39, 0.29) is 11.8 Å². The lowest BCUT2D eigenvalue weighted by Gasteiger charge is -2.35. The second-order valence-corrected chi connectivity index (χ2v) is 7.93. The zero-order chi connectivity index (χ0) is 22.7. The van der Waals surface area contributed by atoms with Crippen molar-refractivity contribution in [3.63, 3.8) is 0 Å². The predicted molar refractivity (Wildman–Crippen MR) is 117 cm³/mol. The maximum absolute atomic E-state index is 12.9. The molecule has 0 saturated carbocycles. The fraction of sp³-hybridized carbons (Fsp3) is 0.333. The van der Waals surface area contributed by atoms with E-state index in [0.717, 1.165) is 36.3 Å². The quantitative estimate of drug-likeness (QED) is 0.666. The molecule has 2 amide bonds. The Labute approximate surface area is 184 Å². The van der Waals surface area contributed by atoms with E-state index in [9.17, 15) is 22.8 Å². The highest BCUT2D eigenvalue weighted by molar-refractivity contribution is 5.95. The highest BCUT2D eigenvalue weighted by Gasteiger charge is 2.31. The van der Waals surface area contributed by atoms with E-state index < -0.39 is 11.7 Å². The van der Waals surface area contributed by atoms with Gasteiger partial charge in [-0.05, 0) is 48.4 Å². The summed E-state index contributed by atoms with van der Waals surface area (Å²) in [5.41, 5.74) is 1.56. The summed E-state index contributed by atoms with van der Waals surface area (Å²) in [7, 11) is 0. The summed E-state index contributed by atoms with van der Waals surface area (Å²) >= 11 is 0. The van der Waals surface area contributed by atoms with Crippen LogP contribution < -0.4 is 9.80 Å². The van der Waals surface area contributed by atoms with E-state index in [4.69, 9.17) is 0 Å². The maximum Gasteiger partial charge on any atom is 0.416 e. The molecule has 2 aromatic carbocycles. The number of rotatable bonds is 4. The van der Waals surface area contributed by atoms with Crippen molar-refractivity contribution in [3.8, 4) is 0 Å². The first-order valence-electron chi connectivity index (χ1n) is 10.6. The van der Waals surface area contributed by atoms with Crippen LogP contribution in [0.5, 0.6) is 0 Å². The molecule has 2 heterocycles. The van der Waals surface area contributed by atoms with Gasteiger partial charge in [-0.15, -0.1) is 0 Å². The summed E-state index contributed by atoms with van der Waals surface area (Å²) in [6.07, 6.45) is 0.320. The van der Waals surface area contributed by atoms with E-state index in [0.29, 0.717) is 38.3 Å². The van der Waals surface area contributed by atoms with Gasteiger partial charge in [0.25, 0.3) is 0 Å². The molecule has 5 nitrogen and oxygen atoms in total. The minimum Gasteiger partial charge on any atom is -0.368 e. The van der Waals surface area contributed by atoms with Gasteiger partial charge in [-0.2, -0.15) is 13.2 Å². The number of hydrogen-bond donors (Lipinski definition) is 0. The minimum absolute atomic E-state index is 0.132. The monoisotopic (exact) mass is 443 g/mol. The van der Waals surface area contributed by atoms with Crippen LogP contribution in [0, 0.1) is 0 Å². The lowest BCUT2D eigenvalue weighted by atomic mass is 10.1. The van der Waals surface area contributed by atoms with Crippen molar-refractivity contribution in [2.24, 2.45) is 0 Å². The van der Waals surface area contributed by atoms with Crippen molar-refractivity contribution in [1.29, 1.82) is 0 Å². The lowest BCUT2D eigenvalue weighted by Crippen LogP contribution is -2.48. The molecule has 0 atom stereocenters. The molecule has 0 bridgehead atoms. The molecular weight excluding hydrogens is 419 g/mol. The van der Waals surface area contributed by atoms with Crippen molar-refractivity contribution >= 4 is 29.3 Å². The Morgan fingerprint density at radius 1 is 0.906 bits per heavy atom. The Balaban J connectivity index is 1.32. The number of halogens is 3. The van der Waals surface area contributed by atoms with E-state index in [1.54, 1.807) is 21.9 Å². The standard InChI is InChI=1S/C24H24F3N3O2/c25-24(26,27)19-3-1-4-21(17-19)28-13-15-29(16-14-28)22(31)11-8-18-6-9-20(10-7-18)30-12-2-5-23(30)32/h1,3-4,6-11,17H,2,5,12-16H2/b11-8+. The van der Waals surface area contributed by atoms with Crippen LogP contribution in [0.3, 0.4) is 0 Å². The van der Waals surface area contributed by atoms with Crippen LogP contribution >= 0.6 is 0 Å². The Hall–Kier alpha value is -3.29. The zero-order valence-corrected chi connectivity index (χ0v) is 17.5. The highest BCUT2D eigenvalue weighted by Crippen LogP contribution is 2.32. The van der Waals surface area contributed by atoms with E-state index >= 15 is 0 Å². The van der Waals surface area contributed by atoms with E-state index in [1.165, 1.54) is 12.1 Å². The third kappa shape index (κ3) is 4.95. The number of piperazine rings is 1. The molecule has 0 radical (unpaired) electrons. The van der Waals surface area contributed by atoms with Crippen LogP contribution in [-0.2, 0) is 15.8 Å². The molecule has 0 aromatic heterocycles. The normalized spacial score (nSPS) is 17.5. The third-order valence-electron chi connectivity index (χ3n) is 5.83. The number of carbonyl (C=O) groups excluding carboxylic acids is 2. The van der Waals surface area contributed by atoms with Gasteiger partial charge in [0.1, 0.15) is 0 Å². The second-order valence-electron chi connectivity index (χ2n) is 7.93. The van der Waals surface area contributed by atoms with Crippen LogP contribution in [0.4, 0.5) is 24.5 Å². The van der Waals surface area contributed by atoms with Gasteiger partial charge < -0.3 is 14.7 Å². The molecule has 2 aromatic rings. The number of alkyl halides is 3. The van der Waals surface area contributed by atoms with Gasteiger partial charge in [-0.25, -0.2) is 0 Å². The van der Waals surface area contributed by atoms with Crippen LogP contribution in [0.2, 0.25) is 0 Å². The van der Waals surface area contributed by atoms with Crippen molar-refractivity contribution in [3.05, 3.63) is 65.7 Å². The lowest BCUT2D eigenvalue weighted by molar-refractivity contribution is -0.137. The number of carbonyl (C=O) groups is 2. The molecule has 8 heteroatoms. The van der Waals surface area contributed by atoms with Gasteiger partial charge in [0.2, 0.25) is 11.8 Å². The summed E-state index contributed by atoms with van der Waals surface area (Å²) in [6, 6.07) is 12.8. The maximum atomic E-state index is 12.9. The predicted octanol–water partition coefficient (Wildman–Crippen LogP) is 4.19. The topological polar surface area (TPSA) is 43.9 Å². The smallest absolute Gasteiger partial charge is 0.368 e. The van der Waals surface area contributed by atoms with Crippen molar-refractivity contribution < 1.29 is 22.8 Å². The van der Waals surface area contributed by atoms with Crippen LogP contribution in [0.25, 0.3) is 6.08 Å². The van der Waals surface area contributed by atoms with Gasteiger partial charge in [-0.1, -0.05) is 18.2 Å². The number of hydrogen-bond acceptors (Lipinski definition) is 3. The first-order chi connectivity index (χ1) is 15.3. The van der Waals surface area contributed by atoms with E-state index in [2.05, 4.69) is 0 Å². The molecular formula is C24H24F3N3O2. The molecule has 0 unspecified atom stereocenters. The largest absolute Gasteiger partial charge is 0.416 e. The summed E-state index contributed by atoms with van der Waals surface area (Å²) in [4.78, 5) is 29.7. The van der Waals surface area contributed by atoms with Crippen molar-refractivity contribution in [2.45, 2.75) is 19.0 Å². The Morgan fingerprint density at radius 3 is 2.25 bits per heavy atom. The molecule has 32 heavy (non-hydrogen) atoms. The molecule has 2 aliphatic heterocycles. The minimum atomic E-state index is -4.37. The zero-order valence-electron chi connectivity index (χ0n) is 17.5. The van der Waals surface area contributed by atoms with Gasteiger partial charge in [0.15, 0.2) is 0 Å². The SMILES string of the molecule is O=C(/C=C/c1ccc(N2CCCC2=O)cc1)N1CCN(c2cccc(C(F)(F)F)c2)CC1. The van der Waals surface area contributed by atoms with Crippen LogP contribution in [0.15, 0.2) is 54.6 Å². The molecule has 0 aliphatic carbocycles. The molecule has 0 spiro atoms. The van der Waals surface area contributed by atoms with Crippen LogP contribution in [-0.4, -0.2) is 49.4 Å². The molecule has 168 valence electrons. The average molecular weight is 443 g/mol. The molecule has 2 saturated heterocycles. The average Bonchev–Trinajstić information content (AvgIpc) is 3.23. The number of benzene rings is 2. The second kappa shape index (κ2) is 9.06. The molecule has 2 aliphatic rings. The first-order valence-corrected chi connectivity index (χ1v) is 10.6. The third-order valence-corrected chi connectivity index (χ3v) is 5.83. The summed E-state index contributed by atoms with van der Waals surface area (Å²) in [6.45, 7) is 2.56. The van der Waals surface area contributed by atoms with Crippen molar-refractivity contribution in [1.82, 2.24) is 4.90 Å². The highest BCUT2D eigenvalue weighted by atomic mass is 19.4. The number of amides is 2. The fourth-order valence-corrected chi connectivity index (χ4v) is 4.02. The fourth-order valence-electron chi connectivity index (χ4n) is 4.02. The Bertz CT molecular complexity index is 1010. The van der Waals surface area contributed by atoms with Gasteiger partial charge >= 0.3 is 6.18 Å². The summed E-state index contributed by atoms with van der Waals surface area (Å²) in [5.74, 6) is 0.000217. The molecule has 2 fully saturated rings. The van der Waals surface area contributed by atoms with Crippen LogP contribution in [0.1, 0.15) is 24.0 Å². The summed E-state index contributed by atoms with van der Waals surface area (Å²) < 4.78 is 38.8. The number of anilines is 2. The van der Waals surface area contributed by atoms with Crippen molar-refractivity contribution in [2.75, 3.05) is 42.5 Å². The molecule has 4 rings (SSSR count). The summed E-state index contributed by atoms with van der Waals surface area (Å²) in [5, 5.41) is 0. The Kier molecular flexibility index (Phi) is 6.21. The van der Waals surface area contributed by atoms with Gasteiger partial charge in [0, 0.05) is 56.6 Å². The van der Waals surface area contributed by atoms with Gasteiger partial charge in [0.05, 0.1) is 5.56 Å². The number of nitrogens with zero attached hydrogens (tertiary/aromatic N) is 3. The first kappa shape index (κ1) is 21.9.